The predicted molar refractivity (Wildman–Crippen MR) is 102 cm³/mol. The van der Waals surface area contributed by atoms with Gasteiger partial charge in [0.15, 0.2) is 0 Å². The standard InChI is InChI=1S/C20H18ClF3N4O/c1-11-6-15(20(22,23)24)9-19(26-11)28-12(2)17(27-13(28)3)10-16(29)7-14-4-5-25-18(21)8-14/h4-6,8-9H,7,10H2,1-3H3. The lowest BCUT2D eigenvalue weighted by molar-refractivity contribution is -0.137. The first-order valence-corrected chi connectivity index (χ1v) is 9.15. The molecule has 3 heterocycles. The van der Waals surface area contributed by atoms with Crippen molar-refractivity contribution in [2.75, 3.05) is 0 Å². The van der Waals surface area contributed by atoms with Crippen molar-refractivity contribution in [1.29, 1.82) is 0 Å². The summed E-state index contributed by atoms with van der Waals surface area (Å²) in [5.41, 5.74) is 1.28. The van der Waals surface area contributed by atoms with Crippen LogP contribution in [0.1, 0.15) is 34.0 Å². The summed E-state index contributed by atoms with van der Waals surface area (Å²) in [7, 11) is 0. The first-order valence-electron chi connectivity index (χ1n) is 8.78. The first kappa shape index (κ1) is 21.0. The molecule has 0 N–H and O–H groups in total. The fourth-order valence-electron chi connectivity index (χ4n) is 3.16. The Hall–Kier alpha value is -2.74. The molecular weight excluding hydrogens is 405 g/mol. The number of alkyl halides is 3. The highest BCUT2D eigenvalue weighted by Gasteiger charge is 2.32. The van der Waals surface area contributed by atoms with Crippen molar-refractivity contribution in [2.45, 2.75) is 39.8 Å². The Morgan fingerprint density at radius 1 is 1.10 bits per heavy atom. The van der Waals surface area contributed by atoms with Crippen molar-refractivity contribution in [2.24, 2.45) is 0 Å². The molecule has 9 heteroatoms. The number of Topliss-reactive ketones (excluding diaryl/α,β-unsaturated/α-hetero) is 1. The molecule has 0 bridgehead atoms. The Morgan fingerprint density at radius 3 is 2.48 bits per heavy atom. The van der Waals surface area contributed by atoms with Crippen LogP contribution in [0.2, 0.25) is 5.15 Å². The van der Waals surface area contributed by atoms with Crippen molar-refractivity contribution in [3.8, 4) is 5.82 Å². The van der Waals surface area contributed by atoms with Gasteiger partial charge in [-0.15, -0.1) is 0 Å². The van der Waals surface area contributed by atoms with E-state index >= 15 is 0 Å². The van der Waals surface area contributed by atoms with E-state index in [1.54, 1.807) is 26.0 Å². The number of halogens is 4. The SMILES string of the molecule is Cc1cc(C(F)(F)F)cc(-n2c(C)nc(CC(=O)Cc3ccnc(Cl)c3)c2C)n1. The quantitative estimate of drug-likeness (QED) is 0.563. The molecule has 0 fully saturated rings. The lowest BCUT2D eigenvalue weighted by atomic mass is 10.1. The van der Waals surface area contributed by atoms with Gasteiger partial charge in [0.2, 0.25) is 0 Å². The molecule has 29 heavy (non-hydrogen) atoms. The Balaban J connectivity index is 1.89. The molecule has 0 aliphatic carbocycles. The van der Waals surface area contributed by atoms with Crippen LogP contribution < -0.4 is 0 Å². The van der Waals surface area contributed by atoms with Gasteiger partial charge in [-0.1, -0.05) is 11.6 Å². The molecule has 0 saturated carbocycles. The van der Waals surface area contributed by atoms with Crippen molar-refractivity contribution in [1.82, 2.24) is 19.5 Å². The summed E-state index contributed by atoms with van der Waals surface area (Å²) in [4.78, 5) is 25.0. The second-order valence-corrected chi connectivity index (χ2v) is 7.15. The lowest BCUT2D eigenvalue weighted by Crippen LogP contribution is -2.11. The number of imidazole rings is 1. The summed E-state index contributed by atoms with van der Waals surface area (Å²) in [6, 6.07) is 5.30. The molecule has 0 saturated heterocycles. The number of nitrogens with zero attached hydrogens (tertiary/aromatic N) is 4. The summed E-state index contributed by atoms with van der Waals surface area (Å²) >= 11 is 5.84. The van der Waals surface area contributed by atoms with Crippen LogP contribution in [0.25, 0.3) is 5.82 Å². The van der Waals surface area contributed by atoms with Gasteiger partial charge < -0.3 is 0 Å². The highest BCUT2D eigenvalue weighted by molar-refractivity contribution is 6.29. The van der Waals surface area contributed by atoms with Gasteiger partial charge in [0.25, 0.3) is 0 Å². The van der Waals surface area contributed by atoms with Crippen molar-refractivity contribution in [3.63, 3.8) is 0 Å². The molecular formula is C20H18ClF3N4O. The number of rotatable bonds is 5. The smallest absolute Gasteiger partial charge is 0.299 e. The minimum atomic E-state index is -4.48. The summed E-state index contributed by atoms with van der Waals surface area (Å²) in [5, 5.41) is 0.303. The molecule has 152 valence electrons. The average Bonchev–Trinajstić information content (AvgIpc) is 2.87. The van der Waals surface area contributed by atoms with E-state index in [4.69, 9.17) is 11.6 Å². The monoisotopic (exact) mass is 422 g/mol. The van der Waals surface area contributed by atoms with Gasteiger partial charge >= 0.3 is 6.18 Å². The van der Waals surface area contributed by atoms with E-state index in [1.165, 1.54) is 17.7 Å². The van der Waals surface area contributed by atoms with Gasteiger partial charge in [0.05, 0.1) is 17.7 Å². The van der Waals surface area contributed by atoms with E-state index in [0.717, 1.165) is 17.7 Å². The molecule has 0 unspecified atom stereocenters. The minimum absolute atomic E-state index is 0.0531. The Labute approximate surface area is 170 Å². The second-order valence-electron chi connectivity index (χ2n) is 6.76. The fourth-order valence-corrected chi connectivity index (χ4v) is 3.36. The zero-order valence-electron chi connectivity index (χ0n) is 16.0. The Morgan fingerprint density at radius 2 is 1.83 bits per heavy atom. The predicted octanol–water partition coefficient (Wildman–Crippen LogP) is 4.61. The van der Waals surface area contributed by atoms with Crippen LogP contribution in [-0.4, -0.2) is 25.3 Å². The van der Waals surface area contributed by atoms with Gasteiger partial charge in [-0.3, -0.25) is 9.36 Å². The average molecular weight is 423 g/mol. The number of hydrogen-bond donors (Lipinski definition) is 0. The molecule has 0 atom stereocenters. The molecule has 0 amide bonds. The normalized spacial score (nSPS) is 11.7. The summed E-state index contributed by atoms with van der Waals surface area (Å²) in [5.74, 6) is 0.496. The van der Waals surface area contributed by atoms with E-state index < -0.39 is 11.7 Å². The van der Waals surface area contributed by atoms with Crippen LogP contribution in [0.4, 0.5) is 13.2 Å². The first-order chi connectivity index (χ1) is 13.5. The maximum Gasteiger partial charge on any atom is 0.416 e. The van der Waals surface area contributed by atoms with Gasteiger partial charge in [0.1, 0.15) is 22.6 Å². The third-order valence-corrected chi connectivity index (χ3v) is 4.63. The highest BCUT2D eigenvalue weighted by Crippen LogP contribution is 2.31. The number of aryl methyl sites for hydroxylation is 2. The zero-order chi connectivity index (χ0) is 21.3. The van der Waals surface area contributed by atoms with Crippen molar-refractivity contribution >= 4 is 17.4 Å². The van der Waals surface area contributed by atoms with E-state index in [9.17, 15) is 18.0 Å². The molecule has 3 rings (SSSR count). The van der Waals surface area contributed by atoms with Crippen molar-refractivity contribution < 1.29 is 18.0 Å². The van der Waals surface area contributed by atoms with E-state index in [1.807, 2.05) is 0 Å². The van der Waals surface area contributed by atoms with Crippen molar-refractivity contribution in [3.05, 3.63) is 69.6 Å². The van der Waals surface area contributed by atoms with E-state index in [2.05, 4.69) is 15.0 Å². The number of aromatic nitrogens is 4. The van der Waals surface area contributed by atoms with Gasteiger partial charge in [-0.2, -0.15) is 13.2 Å². The zero-order valence-corrected chi connectivity index (χ0v) is 16.8. The van der Waals surface area contributed by atoms with E-state index in [0.29, 0.717) is 22.4 Å². The third kappa shape index (κ3) is 4.82. The maximum atomic E-state index is 13.2. The fraction of sp³-hybridized carbons (Fsp3) is 0.300. The molecule has 0 aliphatic heterocycles. The lowest BCUT2D eigenvalue weighted by Gasteiger charge is -2.12. The van der Waals surface area contributed by atoms with Crippen LogP contribution >= 0.6 is 11.6 Å². The number of ketones is 1. The Bertz CT molecular complexity index is 1080. The van der Waals surface area contributed by atoms with Gasteiger partial charge in [-0.25, -0.2) is 15.0 Å². The highest BCUT2D eigenvalue weighted by atomic mass is 35.5. The third-order valence-electron chi connectivity index (χ3n) is 4.43. The van der Waals surface area contributed by atoms with Gasteiger partial charge in [-0.05, 0) is 50.6 Å². The topological polar surface area (TPSA) is 60.7 Å². The number of carbonyl (C=O) groups is 1. The molecule has 5 nitrogen and oxygen atoms in total. The number of carbonyl (C=O) groups excluding carboxylic acids is 1. The maximum absolute atomic E-state index is 13.2. The van der Waals surface area contributed by atoms with Crippen LogP contribution in [0, 0.1) is 20.8 Å². The molecule has 3 aromatic heterocycles. The molecule has 0 aromatic carbocycles. The largest absolute Gasteiger partial charge is 0.416 e. The number of pyridine rings is 2. The second kappa shape index (κ2) is 7.94. The van der Waals surface area contributed by atoms with Crippen LogP contribution in [-0.2, 0) is 23.8 Å². The van der Waals surface area contributed by atoms with Crippen LogP contribution in [0.3, 0.4) is 0 Å². The van der Waals surface area contributed by atoms with Gasteiger partial charge in [0, 0.05) is 24.0 Å². The summed E-state index contributed by atoms with van der Waals surface area (Å²) in [6.45, 7) is 4.88. The molecule has 3 aromatic rings. The molecule has 0 radical (unpaired) electrons. The summed E-state index contributed by atoms with van der Waals surface area (Å²) in [6.07, 6.45) is -2.74. The van der Waals surface area contributed by atoms with Crippen LogP contribution in [0.5, 0.6) is 0 Å². The van der Waals surface area contributed by atoms with E-state index in [-0.39, 0.29) is 30.1 Å². The van der Waals surface area contributed by atoms with Crippen LogP contribution in [0.15, 0.2) is 30.5 Å². The molecule has 0 spiro atoms. The Kier molecular flexibility index (Phi) is 5.75. The molecule has 0 aliphatic rings. The summed E-state index contributed by atoms with van der Waals surface area (Å²) < 4.78 is 41.0. The number of hydrogen-bond acceptors (Lipinski definition) is 4. The minimum Gasteiger partial charge on any atom is -0.299 e.